The van der Waals surface area contributed by atoms with Crippen molar-refractivity contribution in [3.8, 4) is 0 Å². The van der Waals surface area contributed by atoms with E-state index in [1.807, 2.05) is 18.7 Å². The number of hydrogen-bond acceptors (Lipinski definition) is 3. The lowest BCUT2D eigenvalue weighted by atomic mass is 10.2. The molecule has 0 bridgehead atoms. The normalized spacial score (nSPS) is 19.3. The lowest BCUT2D eigenvalue weighted by molar-refractivity contribution is 0.0953. The monoisotopic (exact) mass is 270 g/mol. The van der Waals surface area contributed by atoms with E-state index in [0.717, 1.165) is 12.2 Å². The predicted molar refractivity (Wildman–Crippen MR) is 71.8 cm³/mol. The van der Waals surface area contributed by atoms with E-state index >= 15 is 0 Å². The topological polar surface area (TPSA) is 42.0 Å². The van der Waals surface area contributed by atoms with Gasteiger partial charge in [0.1, 0.15) is 5.15 Å². The second kappa shape index (κ2) is 5.74. The van der Waals surface area contributed by atoms with Gasteiger partial charge in [-0.2, -0.15) is 11.8 Å². The Balaban J connectivity index is 1.94. The molecule has 92 valence electrons. The second-order valence-corrected chi connectivity index (χ2v) is 5.96. The van der Waals surface area contributed by atoms with E-state index < -0.39 is 0 Å². The Morgan fingerprint density at radius 3 is 3.12 bits per heavy atom. The molecule has 1 unspecified atom stereocenters. The third-order valence-electron chi connectivity index (χ3n) is 2.70. The number of rotatable bonds is 3. The molecule has 1 atom stereocenters. The lowest BCUT2D eigenvalue weighted by Crippen LogP contribution is -2.29. The van der Waals surface area contributed by atoms with Crippen molar-refractivity contribution >= 4 is 29.3 Å². The number of carbonyl (C=O) groups is 1. The number of hydrogen-bond donors (Lipinski definition) is 1. The standard InChI is InChI=1S/C12H15ClN2OS/c1-8-5-9(6-11(13)15-8)12(16)14-7-10-3-2-4-17-10/h5-6,10H,2-4,7H2,1H3,(H,14,16). The summed E-state index contributed by atoms with van der Waals surface area (Å²) in [5.74, 6) is 1.14. The van der Waals surface area contributed by atoms with Crippen molar-refractivity contribution in [1.29, 1.82) is 0 Å². The summed E-state index contributed by atoms with van der Waals surface area (Å²) >= 11 is 7.76. The summed E-state index contributed by atoms with van der Waals surface area (Å²) in [4.78, 5) is 15.9. The quantitative estimate of drug-likeness (QED) is 0.859. The first kappa shape index (κ1) is 12.7. The molecule has 1 fully saturated rings. The van der Waals surface area contributed by atoms with E-state index in [1.54, 1.807) is 12.1 Å². The molecule has 1 N–H and O–H groups in total. The van der Waals surface area contributed by atoms with Gasteiger partial charge in [0.05, 0.1) is 0 Å². The van der Waals surface area contributed by atoms with Crippen LogP contribution in [0.4, 0.5) is 0 Å². The number of aryl methyl sites for hydroxylation is 1. The molecule has 3 nitrogen and oxygen atoms in total. The molecule has 0 saturated carbocycles. The average molecular weight is 271 g/mol. The van der Waals surface area contributed by atoms with Gasteiger partial charge in [-0.3, -0.25) is 4.79 Å². The Morgan fingerprint density at radius 2 is 2.47 bits per heavy atom. The van der Waals surface area contributed by atoms with E-state index in [2.05, 4.69) is 10.3 Å². The van der Waals surface area contributed by atoms with Gasteiger partial charge in [0.15, 0.2) is 0 Å². The van der Waals surface area contributed by atoms with Crippen molar-refractivity contribution in [3.05, 3.63) is 28.5 Å². The van der Waals surface area contributed by atoms with E-state index in [9.17, 15) is 4.79 Å². The van der Waals surface area contributed by atoms with Gasteiger partial charge in [0.2, 0.25) is 0 Å². The minimum atomic E-state index is -0.0649. The molecule has 5 heteroatoms. The van der Waals surface area contributed by atoms with Crippen LogP contribution in [0.15, 0.2) is 12.1 Å². The highest BCUT2D eigenvalue weighted by atomic mass is 35.5. The Kier molecular flexibility index (Phi) is 4.29. The zero-order valence-electron chi connectivity index (χ0n) is 9.70. The fraction of sp³-hybridized carbons (Fsp3) is 0.500. The Bertz CT molecular complexity index is 399. The summed E-state index contributed by atoms with van der Waals surface area (Å²) in [7, 11) is 0. The molecule has 1 aliphatic rings. The summed E-state index contributed by atoms with van der Waals surface area (Å²) in [5.41, 5.74) is 1.35. The first-order valence-corrected chi connectivity index (χ1v) is 7.12. The van der Waals surface area contributed by atoms with Gasteiger partial charge >= 0.3 is 0 Å². The van der Waals surface area contributed by atoms with E-state index in [1.165, 1.54) is 18.6 Å². The zero-order valence-corrected chi connectivity index (χ0v) is 11.3. The van der Waals surface area contributed by atoms with Crippen LogP contribution in [-0.2, 0) is 0 Å². The van der Waals surface area contributed by atoms with Gasteiger partial charge in [0.25, 0.3) is 5.91 Å². The summed E-state index contributed by atoms with van der Waals surface area (Å²) in [6, 6.07) is 3.36. The van der Waals surface area contributed by atoms with Crippen LogP contribution in [0.5, 0.6) is 0 Å². The number of amides is 1. The smallest absolute Gasteiger partial charge is 0.251 e. The fourth-order valence-corrected chi connectivity index (χ4v) is 3.33. The number of halogens is 1. The maximum atomic E-state index is 11.9. The molecule has 1 amide bonds. The van der Waals surface area contributed by atoms with Crippen molar-refractivity contribution in [2.75, 3.05) is 12.3 Å². The Morgan fingerprint density at radius 1 is 1.65 bits per heavy atom. The van der Waals surface area contributed by atoms with Crippen LogP contribution in [0.3, 0.4) is 0 Å². The first-order chi connectivity index (χ1) is 8.15. The second-order valence-electron chi connectivity index (χ2n) is 4.16. The Hall–Kier alpha value is -0.740. The zero-order chi connectivity index (χ0) is 12.3. The van der Waals surface area contributed by atoms with Crippen molar-refractivity contribution in [2.45, 2.75) is 25.0 Å². The molecule has 1 saturated heterocycles. The molecular formula is C12H15ClN2OS. The minimum Gasteiger partial charge on any atom is -0.351 e. The van der Waals surface area contributed by atoms with Crippen LogP contribution >= 0.6 is 23.4 Å². The molecular weight excluding hydrogens is 256 g/mol. The highest BCUT2D eigenvalue weighted by molar-refractivity contribution is 8.00. The average Bonchev–Trinajstić information content (AvgIpc) is 2.77. The lowest BCUT2D eigenvalue weighted by Gasteiger charge is -2.10. The number of pyridine rings is 1. The predicted octanol–water partition coefficient (Wildman–Crippen LogP) is 2.67. The van der Waals surface area contributed by atoms with Crippen molar-refractivity contribution in [1.82, 2.24) is 10.3 Å². The van der Waals surface area contributed by atoms with Gasteiger partial charge in [-0.1, -0.05) is 11.6 Å². The summed E-state index contributed by atoms with van der Waals surface area (Å²) in [6.07, 6.45) is 2.45. The molecule has 17 heavy (non-hydrogen) atoms. The highest BCUT2D eigenvalue weighted by Crippen LogP contribution is 2.25. The van der Waals surface area contributed by atoms with Crippen LogP contribution in [0.25, 0.3) is 0 Å². The van der Waals surface area contributed by atoms with Gasteiger partial charge in [0, 0.05) is 23.1 Å². The van der Waals surface area contributed by atoms with Crippen molar-refractivity contribution in [2.24, 2.45) is 0 Å². The summed E-state index contributed by atoms with van der Waals surface area (Å²) in [5, 5.41) is 3.88. The minimum absolute atomic E-state index is 0.0649. The van der Waals surface area contributed by atoms with E-state index in [0.29, 0.717) is 16.0 Å². The fourth-order valence-electron chi connectivity index (χ4n) is 1.87. The highest BCUT2D eigenvalue weighted by Gasteiger charge is 2.16. The molecule has 0 aromatic carbocycles. The van der Waals surface area contributed by atoms with Crippen LogP contribution in [0.1, 0.15) is 28.9 Å². The molecule has 1 aromatic heterocycles. The van der Waals surface area contributed by atoms with Crippen molar-refractivity contribution in [3.63, 3.8) is 0 Å². The van der Waals surface area contributed by atoms with Crippen LogP contribution in [0.2, 0.25) is 5.15 Å². The number of thioether (sulfide) groups is 1. The third-order valence-corrected chi connectivity index (χ3v) is 4.29. The molecule has 1 aromatic rings. The van der Waals surface area contributed by atoms with Crippen LogP contribution in [0, 0.1) is 6.92 Å². The molecule has 2 rings (SSSR count). The first-order valence-electron chi connectivity index (χ1n) is 5.69. The number of nitrogens with one attached hydrogen (secondary N) is 1. The van der Waals surface area contributed by atoms with Gasteiger partial charge < -0.3 is 5.32 Å². The summed E-state index contributed by atoms with van der Waals surface area (Å²) in [6.45, 7) is 2.57. The molecule has 0 aliphatic carbocycles. The largest absolute Gasteiger partial charge is 0.351 e. The van der Waals surface area contributed by atoms with Gasteiger partial charge in [-0.05, 0) is 37.7 Å². The Labute approximate surface area is 110 Å². The van der Waals surface area contributed by atoms with Gasteiger partial charge in [-0.25, -0.2) is 4.98 Å². The molecule has 0 radical (unpaired) electrons. The maximum Gasteiger partial charge on any atom is 0.251 e. The SMILES string of the molecule is Cc1cc(C(=O)NCC2CCCS2)cc(Cl)n1. The number of nitrogens with zero attached hydrogens (tertiary/aromatic N) is 1. The molecule has 1 aliphatic heterocycles. The van der Waals surface area contributed by atoms with Gasteiger partial charge in [-0.15, -0.1) is 0 Å². The van der Waals surface area contributed by atoms with Crippen molar-refractivity contribution < 1.29 is 4.79 Å². The number of carbonyl (C=O) groups excluding carboxylic acids is 1. The third kappa shape index (κ3) is 3.61. The van der Waals surface area contributed by atoms with E-state index in [4.69, 9.17) is 11.6 Å². The molecule has 0 spiro atoms. The maximum absolute atomic E-state index is 11.9. The molecule has 2 heterocycles. The van der Waals surface area contributed by atoms with Crippen LogP contribution in [-0.4, -0.2) is 28.4 Å². The van der Waals surface area contributed by atoms with Crippen LogP contribution < -0.4 is 5.32 Å². The summed E-state index contributed by atoms with van der Waals surface area (Å²) < 4.78 is 0. The van der Waals surface area contributed by atoms with E-state index in [-0.39, 0.29) is 5.91 Å². The number of aromatic nitrogens is 1.